The normalized spacial score (nSPS) is 12.5. The molecule has 1 atom stereocenters. The summed E-state index contributed by atoms with van der Waals surface area (Å²) < 4.78 is 6.27. The van der Waals surface area contributed by atoms with Gasteiger partial charge in [-0.25, -0.2) is 0 Å². The molecule has 0 fully saturated rings. The van der Waals surface area contributed by atoms with Gasteiger partial charge in [0.25, 0.3) is 0 Å². The average Bonchev–Trinajstić information content (AvgIpc) is 2.27. The fraction of sp³-hybridized carbons (Fsp3) is 0.462. The maximum Gasteiger partial charge on any atom is 0.246 e. The molecule has 0 unspecified atom stereocenters. The first-order valence-electron chi connectivity index (χ1n) is 5.65. The zero-order chi connectivity index (χ0) is 12.8. The van der Waals surface area contributed by atoms with Crippen LogP contribution in [0.2, 0.25) is 0 Å². The molecule has 0 aliphatic rings. The summed E-state index contributed by atoms with van der Waals surface area (Å²) >= 11 is 3.38. The average molecular weight is 300 g/mol. The van der Waals surface area contributed by atoms with Gasteiger partial charge in [0.2, 0.25) is 5.91 Å². The van der Waals surface area contributed by atoms with Crippen LogP contribution in [0.15, 0.2) is 28.7 Å². The van der Waals surface area contributed by atoms with Crippen molar-refractivity contribution in [1.29, 1.82) is 0 Å². The molecule has 1 rings (SSSR count). The summed E-state index contributed by atoms with van der Waals surface area (Å²) in [4.78, 5) is 11.6. The summed E-state index contributed by atoms with van der Waals surface area (Å²) in [5.41, 5.74) is 1.08. The van der Waals surface area contributed by atoms with Crippen LogP contribution in [0.3, 0.4) is 0 Å². The Morgan fingerprint density at radius 1 is 1.29 bits per heavy atom. The molecule has 17 heavy (non-hydrogen) atoms. The minimum atomic E-state index is -0.0888. The molecule has 1 amide bonds. The number of carbonyl (C=O) groups excluding carboxylic acids is 1. The Hall–Kier alpha value is -0.870. The van der Waals surface area contributed by atoms with Crippen molar-refractivity contribution in [3.8, 4) is 0 Å². The van der Waals surface area contributed by atoms with Gasteiger partial charge in [-0.2, -0.15) is 0 Å². The van der Waals surface area contributed by atoms with Crippen LogP contribution in [0, 0.1) is 0 Å². The largest absolute Gasteiger partial charge is 0.369 e. The summed E-state index contributed by atoms with van der Waals surface area (Å²) in [7, 11) is 0. The van der Waals surface area contributed by atoms with E-state index < -0.39 is 0 Å². The van der Waals surface area contributed by atoms with Crippen LogP contribution in [0.25, 0.3) is 0 Å². The van der Waals surface area contributed by atoms with Gasteiger partial charge >= 0.3 is 0 Å². The van der Waals surface area contributed by atoms with Gasteiger partial charge in [0.05, 0.1) is 12.1 Å². The van der Waals surface area contributed by atoms with Gasteiger partial charge in [0.15, 0.2) is 0 Å². The van der Waals surface area contributed by atoms with E-state index in [0.717, 1.165) is 10.0 Å². The molecule has 0 saturated carbocycles. The van der Waals surface area contributed by atoms with E-state index in [1.165, 1.54) is 0 Å². The summed E-state index contributed by atoms with van der Waals surface area (Å²) in [6.07, 6.45) is 0.0729. The number of nitrogens with one attached hydrogen (secondary N) is 1. The van der Waals surface area contributed by atoms with Crippen LogP contribution < -0.4 is 5.32 Å². The number of benzene rings is 1. The monoisotopic (exact) mass is 299 g/mol. The van der Waals surface area contributed by atoms with Crippen LogP contribution in [0.1, 0.15) is 32.4 Å². The first-order chi connectivity index (χ1) is 7.99. The minimum absolute atomic E-state index is 0.00800. The SMILES string of the molecule is CC(C)OCC(=O)N[C@@H](C)c1ccc(Br)cc1. The predicted molar refractivity (Wildman–Crippen MR) is 71.8 cm³/mol. The molecule has 0 saturated heterocycles. The van der Waals surface area contributed by atoms with Crippen molar-refractivity contribution in [3.05, 3.63) is 34.3 Å². The van der Waals surface area contributed by atoms with E-state index in [1.807, 2.05) is 45.0 Å². The van der Waals surface area contributed by atoms with Gasteiger partial charge in [-0.1, -0.05) is 28.1 Å². The summed E-state index contributed by atoms with van der Waals surface area (Å²) in [6.45, 7) is 5.88. The van der Waals surface area contributed by atoms with Crippen LogP contribution in [-0.2, 0) is 9.53 Å². The molecule has 4 heteroatoms. The highest BCUT2D eigenvalue weighted by Gasteiger charge is 2.09. The molecule has 1 aromatic carbocycles. The number of rotatable bonds is 5. The van der Waals surface area contributed by atoms with E-state index in [4.69, 9.17) is 4.74 Å². The van der Waals surface area contributed by atoms with Crippen molar-refractivity contribution in [2.75, 3.05) is 6.61 Å². The Morgan fingerprint density at radius 3 is 2.41 bits per heavy atom. The number of hydrogen-bond donors (Lipinski definition) is 1. The number of hydrogen-bond acceptors (Lipinski definition) is 2. The van der Waals surface area contributed by atoms with Crippen LogP contribution in [-0.4, -0.2) is 18.6 Å². The number of amides is 1. The van der Waals surface area contributed by atoms with Gasteiger partial charge in [0, 0.05) is 4.47 Å². The third-order valence-electron chi connectivity index (χ3n) is 2.30. The molecule has 0 spiro atoms. The van der Waals surface area contributed by atoms with Gasteiger partial charge in [-0.3, -0.25) is 4.79 Å². The summed E-state index contributed by atoms with van der Waals surface area (Å²) in [5.74, 6) is -0.0888. The van der Waals surface area contributed by atoms with Crippen molar-refractivity contribution >= 4 is 21.8 Å². The molecule has 0 aliphatic carbocycles. The van der Waals surface area contributed by atoms with Crippen molar-refractivity contribution in [2.45, 2.75) is 32.9 Å². The first kappa shape index (κ1) is 14.2. The minimum Gasteiger partial charge on any atom is -0.369 e. The Morgan fingerprint density at radius 2 is 1.88 bits per heavy atom. The fourth-order valence-electron chi connectivity index (χ4n) is 1.36. The molecule has 3 nitrogen and oxygen atoms in total. The van der Waals surface area contributed by atoms with Crippen molar-refractivity contribution in [3.63, 3.8) is 0 Å². The van der Waals surface area contributed by atoms with Crippen molar-refractivity contribution in [2.24, 2.45) is 0 Å². The summed E-state index contributed by atoms with van der Waals surface area (Å²) in [5, 5.41) is 2.89. The van der Waals surface area contributed by atoms with Gasteiger partial charge in [-0.15, -0.1) is 0 Å². The Labute approximate surface area is 111 Å². The molecule has 1 N–H and O–H groups in total. The van der Waals surface area contributed by atoms with E-state index >= 15 is 0 Å². The standard InChI is InChI=1S/C13H18BrNO2/c1-9(2)17-8-13(16)15-10(3)11-4-6-12(14)7-5-11/h4-7,9-10H,8H2,1-3H3,(H,15,16)/t10-/m0/s1. The molecule has 0 heterocycles. The fourth-order valence-corrected chi connectivity index (χ4v) is 1.62. The molecule has 94 valence electrons. The molecule has 1 aromatic rings. The van der Waals surface area contributed by atoms with Crippen LogP contribution in [0.5, 0.6) is 0 Å². The third-order valence-corrected chi connectivity index (χ3v) is 2.82. The maximum atomic E-state index is 11.6. The third kappa shape index (κ3) is 5.33. The number of carbonyl (C=O) groups is 1. The van der Waals surface area contributed by atoms with E-state index in [9.17, 15) is 4.79 Å². The maximum absolute atomic E-state index is 11.6. The second-order valence-electron chi connectivity index (χ2n) is 4.20. The Balaban J connectivity index is 2.46. The number of halogens is 1. The highest BCUT2D eigenvalue weighted by Crippen LogP contribution is 2.16. The highest BCUT2D eigenvalue weighted by atomic mass is 79.9. The molecule has 0 bridgehead atoms. The lowest BCUT2D eigenvalue weighted by Crippen LogP contribution is -2.31. The van der Waals surface area contributed by atoms with E-state index in [0.29, 0.717) is 0 Å². The first-order valence-corrected chi connectivity index (χ1v) is 6.44. The summed E-state index contributed by atoms with van der Waals surface area (Å²) in [6, 6.07) is 7.88. The van der Waals surface area contributed by atoms with Gasteiger partial charge in [-0.05, 0) is 38.5 Å². The molecule has 0 aliphatic heterocycles. The quantitative estimate of drug-likeness (QED) is 0.907. The van der Waals surface area contributed by atoms with E-state index in [2.05, 4.69) is 21.2 Å². The molecule has 0 radical (unpaired) electrons. The predicted octanol–water partition coefficient (Wildman–Crippen LogP) is 3.05. The van der Waals surface area contributed by atoms with Crippen LogP contribution >= 0.6 is 15.9 Å². The molecular formula is C13H18BrNO2. The van der Waals surface area contributed by atoms with Crippen LogP contribution in [0.4, 0.5) is 0 Å². The smallest absolute Gasteiger partial charge is 0.246 e. The topological polar surface area (TPSA) is 38.3 Å². The Bertz CT molecular complexity index is 362. The second kappa shape index (κ2) is 6.77. The lowest BCUT2D eigenvalue weighted by Gasteiger charge is -2.15. The zero-order valence-electron chi connectivity index (χ0n) is 10.4. The zero-order valence-corrected chi connectivity index (χ0v) is 12.0. The van der Waals surface area contributed by atoms with E-state index in [1.54, 1.807) is 0 Å². The second-order valence-corrected chi connectivity index (χ2v) is 5.12. The molecule has 0 aromatic heterocycles. The van der Waals surface area contributed by atoms with Gasteiger partial charge < -0.3 is 10.1 Å². The van der Waals surface area contributed by atoms with Gasteiger partial charge in [0.1, 0.15) is 6.61 Å². The lowest BCUT2D eigenvalue weighted by atomic mass is 10.1. The van der Waals surface area contributed by atoms with E-state index in [-0.39, 0.29) is 24.7 Å². The Kier molecular flexibility index (Phi) is 5.65. The number of ether oxygens (including phenoxy) is 1. The highest BCUT2D eigenvalue weighted by molar-refractivity contribution is 9.10. The lowest BCUT2D eigenvalue weighted by molar-refractivity contribution is -0.127. The van der Waals surface area contributed by atoms with Crippen molar-refractivity contribution in [1.82, 2.24) is 5.32 Å². The van der Waals surface area contributed by atoms with Crippen molar-refractivity contribution < 1.29 is 9.53 Å². The molecular weight excluding hydrogens is 282 g/mol.